The minimum atomic E-state index is -0.457. The van der Waals surface area contributed by atoms with Crippen molar-refractivity contribution in [3.63, 3.8) is 0 Å². The van der Waals surface area contributed by atoms with Gasteiger partial charge in [-0.3, -0.25) is 4.79 Å². The van der Waals surface area contributed by atoms with Crippen molar-refractivity contribution in [1.82, 2.24) is 5.32 Å². The normalized spacial score (nSPS) is 38.4. The van der Waals surface area contributed by atoms with Gasteiger partial charge in [-0.15, -0.1) is 6.58 Å². The van der Waals surface area contributed by atoms with Gasteiger partial charge >= 0.3 is 0 Å². The summed E-state index contributed by atoms with van der Waals surface area (Å²) in [5, 5.41) is 3.21. The first-order valence-electron chi connectivity index (χ1n) is 6.98. The van der Waals surface area contributed by atoms with Gasteiger partial charge in [-0.2, -0.15) is 0 Å². The molecule has 0 saturated heterocycles. The summed E-state index contributed by atoms with van der Waals surface area (Å²) in [6, 6.07) is -0.201. The molecular formula is C15H26N2O. The zero-order valence-corrected chi connectivity index (χ0v) is 11.8. The van der Waals surface area contributed by atoms with Crippen molar-refractivity contribution < 1.29 is 4.79 Å². The van der Waals surface area contributed by atoms with Crippen LogP contribution in [0.2, 0.25) is 0 Å². The minimum Gasteiger partial charge on any atom is -0.351 e. The van der Waals surface area contributed by atoms with Crippen molar-refractivity contribution in [1.29, 1.82) is 0 Å². The molecule has 0 heterocycles. The van der Waals surface area contributed by atoms with E-state index < -0.39 is 6.04 Å². The van der Waals surface area contributed by atoms with E-state index in [1.54, 1.807) is 6.08 Å². The Bertz CT molecular complexity index is 359. The molecule has 2 rings (SSSR count). The van der Waals surface area contributed by atoms with Gasteiger partial charge in [0.15, 0.2) is 0 Å². The molecule has 2 bridgehead atoms. The molecular weight excluding hydrogens is 224 g/mol. The first kappa shape index (κ1) is 13.6. The van der Waals surface area contributed by atoms with Crippen molar-refractivity contribution in [2.24, 2.45) is 22.5 Å². The van der Waals surface area contributed by atoms with Gasteiger partial charge in [0.05, 0.1) is 6.04 Å². The lowest BCUT2D eigenvalue weighted by Crippen LogP contribution is -2.55. The third-order valence-corrected chi connectivity index (χ3v) is 5.31. The summed E-state index contributed by atoms with van der Waals surface area (Å²) in [6.07, 6.45) is 6.01. The molecule has 2 saturated carbocycles. The topological polar surface area (TPSA) is 55.1 Å². The van der Waals surface area contributed by atoms with Crippen LogP contribution >= 0.6 is 0 Å². The van der Waals surface area contributed by atoms with Gasteiger partial charge in [-0.25, -0.2) is 0 Å². The van der Waals surface area contributed by atoms with Gasteiger partial charge in [0, 0.05) is 6.04 Å². The second-order valence-corrected chi connectivity index (χ2v) is 6.99. The Balaban J connectivity index is 2.09. The van der Waals surface area contributed by atoms with Crippen molar-refractivity contribution >= 4 is 5.91 Å². The fourth-order valence-corrected chi connectivity index (χ4v) is 4.20. The quantitative estimate of drug-likeness (QED) is 0.752. The third-order valence-electron chi connectivity index (χ3n) is 5.31. The van der Waals surface area contributed by atoms with E-state index in [1.165, 1.54) is 19.3 Å². The van der Waals surface area contributed by atoms with Crippen LogP contribution in [-0.2, 0) is 4.79 Å². The molecule has 0 radical (unpaired) electrons. The van der Waals surface area contributed by atoms with E-state index in [0.717, 1.165) is 5.92 Å². The van der Waals surface area contributed by atoms with Crippen LogP contribution in [0.3, 0.4) is 0 Å². The molecule has 3 heteroatoms. The van der Waals surface area contributed by atoms with Crippen LogP contribution in [0.1, 0.15) is 46.5 Å². The number of nitrogens with one attached hydrogen (secondary N) is 1. The maximum absolute atomic E-state index is 12.1. The maximum Gasteiger partial charge on any atom is 0.237 e. The van der Waals surface area contributed by atoms with Crippen LogP contribution in [-0.4, -0.2) is 18.0 Å². The van der Waals surface area contributed by atoms with Crippen LogP contribution in [0.4, 0.5) is 0 Å². The van der Waals surface area contributed by atoms with Crippen LogP contribution in [0, 0.1) is 16.7 Å². The van der Waals surface area contributed by atoms with Crippen LogP contribution in [0.15, 0.2) is 12.7 Å². The monoisotopic (exact) mass is 250 g/mol. The summed E-state index contributed by atoms with van der Waals surface area (Å²) in [4.78, 5) is 12.1. The van der Waals surface area contributed by atoms with E-state index in [4.69, 9.17) is 5.73 Å². The molecule has 2 aliphatic carbocycles. The van der Waals surface area contributed by atoms with Crippen molar-refractivity contribution in [2.75, 3.05) is 0 Å². The molecule has 4 atom stereocenters. The van der Waals surface area contributed by atoms with E-state index in [1.807, 2.05) is 0 Å². The Morgan fingerprint density at radius 3 is 2.72 bits per heavy atom. The minimum absolute atomic E-state index is 0.0262. The highest BCUT2D eigenvalue weighted by molar-refractivity contribution is 5.82. The molecule has 0 aromatic rings. The second-order valence-electron chi connectivity index (χ2n) is 6.99. The molecule has 1 amide bonds. The standard InChI is InChI=1S/C15H26N2O/c1-5-6-11(16)12(18)17-13-14(2,3)10-7-8-15(13,4)9-10/h5,10-11,13H,1,6-9,16H2,2-4H3,(H,17,18). The second kappa shape index (κ2) is 4.37. The van der Waals surface area contributed by atoms with Crippen molar-refractivity contribution in [3.05, 3.63) is 12.7 Å². The Kier molecular flexibility index (Phi) is 3.30. The van der Waals surface area contributed by atoms with Gasteiger partial charge in [0.1, 0.15) is 0 Å². The summed E-state index contributed by atoms with van der Waals surface area (Å²) in [5.41, 5.74) is 6.31. The number of hydrogen-bond acceptors (Lipinski definition) is 2. The third kappa shape index (κ3) is 1.99. The van der Waals surface area contributed by atoms with E-state index in [0.29, 0.717) is 6.42 Å². The molecule has 0 aromatic carbocycles. The predicted molar refractivity (Wildman–Crippen MR) is 73.9 cm³/mol. The summed E-state index contributed by atoms with van der Waals surface area (Å²) >= 11 is 0. The summed E-state index contributed by atoms with van der Waals surface area (Å²) in [6.45, 7) is 10.5. The molecule has 3 nitrogen and oxygen atoms in total. The smallest absolute Gasteiger partial charge is 0.237 e. The number of hydrogen-bond donors (Lipinski definition) is 2. The molecule has 4 unspecified atom stereocenters. The number of carbonyl (C=O) groups is 1. The van der Waals surface area contributed by atoms with Crippen LogP contribution in [0.5, 0.6) is 0 Å². The zero-order chi connectivity index (χ0) is 13.6. The van der Waals surface area contributed by atoms with E-state index in [9.17, 15) is 4.79 Å². The number of nitrogens with two attached hydrogens (primary N) is 1. The van der Waals surface area contributed by atoms with E-state index in [2.05, 4.69) is 32.7 Å². The Hall–Kier alpha value is -0.830. The lowest BCUT2D eigenvalue weighted by atomic mass is 9.68. The largest absolute Gasteiger partial charge is 0.351 e. The average molecular weight is 250 g/mol. The SMILES string of the molecule is C=CCC(N)C(=O)NC1C2(C)CCC(C2)C1(C)C. The number of amides is 1. The number of fused-ring (bicyclic) bond motifs is 2. The van der Waals surface area contributed by atoms with E-state index in [-0.39, 0.29) is 22.8 Å². The van der Waals surface area contributed by atoms with Crippen molar-refractivity contribution in [3.8, 4) is 0 Å². The zero-order valence-electron chi connectivity index (χ0n) is 11.8. The summed E-state index contributed by atoms with van der Waals surface area (Å²) < 4.78 is 0. The first-order valence-corrected chi connectivity index (χ1v) is 6.98. The van der Waals surface area contributed by atoms with Crippen LogP contribution < -0.4 is 11.1 Å². The predicted octanol–water partition coefficient (Wildman–Crippen LogP) is 2.22. The molecule has 102 valence electrons. The average Bonchev–Trinajstić information content (AvgIpc) is 2.75. The van der Waals surface area contributed by atoms with Gasteiger partial charge in [0.25, 0.3) is 0 Å². The lowest BCUT2D eigenvalue weighted by Gasteiger charge is -2.43. The highest BCUT2D eigenvalue weighted by Crippen LogP contribution is 2.62. The Labute approximate surface area is 110 Å². The first-order chi connectivity index (χ1) is 8.31. The van der Waals surface area contributed by atoms with Gasteiger partial charge in [-0.05, 0) is 42.4 Å². The fourth-order valence-electron chi connectivity index (χ4n) is 4.20. The fraction of sp³-hybridized carbons (Fsp3) is 0.800. The summed E-state index contributed by atoms with van der Waals surface area (Å²) in [7, 11) is 0. The highest BCUT2D eigenvalue weighted by Gasteiger charge is 2.59. The number of carbonyl (C=O) groups excluding carboxylic acids is 1. The van der Waals surface area contributed by atoms with E-state index >= 15 is 0 Å². The van der Waals surface area contributed by atoms with Crippen molar-refractivity contribution in [2.45, 2.75) is 58.5 Å². The molecule has 0 spiro atoms. The molecule has 3 N–H and O–H groups in total. The lowest BCUT2D eigenvalue weighted by molar-refractivity contribution is -0.125. The van der Waals surface area contributed by atoms with Gasteiger partial charge < -0.3 is 11.1 Å². The molecule has 2 aliphatic rings. The van der Waals surface area contributed by atoms with Gasteiger partial charge in [0.2, 0.25) is 5.91 Å². The summed E-state index contributed by atoms with van der Waals surface area (Å²) in [5.74, 6) is 0.713. The molecule has 2 fully saturated rings. The number of rotatable bonds is 4. The Morgan fingerprint density at radius 1 is 1.56 bits per heavy atom. The highest BCUT2D eigenvalue weighted by atomic mass is 16.2. The molecule has 0 aromatic heterocycles. The Morgan fingerprint density at radius 2 is 2.22 bits per heavy atom. The van der Waals surface area contributed by atoms with Gasteiger partial charge in [-0.1, -0.05) is 26.8 Å². The maximum atomic E-state index is 12.1. The molecule has 18 heavy (non-hydrogen) atoms. The molecule has 0 aliphatic heterocycles. The van der Waals surface area contributed by atoms with Crippen LogP contribution in [0.25, 0.3) is 0 Å².